The second-order valence-electron chi connectivity index (χ2n) is 6.61. The van der Waals surface area contributed by atoms with Crippen LogP contribution in [0.15, 0.2) is 23.3 Å². The smallest absolute Gasteiger partial charge is 0.260 e. The highest BCUT2D eigenvalue weighted by molar-refractivity contribution is 5.80. The number of aryl methyl sites for hydroxylation is 1. The summed E-state index contributed by atoms with van der Waals surface area (Å²) in [5.74, 6) is 0.524. The molecular weight excluding hydrogens is 322 g/mol. The van der Waals surface area contributed by atoms with Crippen molar-refractivity contribution < 1.29 is 9.90 Å². The summed E-state index contributed by atoms with van der Waals surface area (Å²) in [5.41, 5.74) is 0.323. The lowest BCUT2D eigenvalue weighted by atomic mass is 9.84. The van der Waals surface area contributed by atoms with Gasteiger partial charge in [0.05, 0.1) is 11.0 Å². The molecule has 0 aliphatic carbocycles. The number of rotatable bonds is 1. The summed E-state index contributed by atoms with van der Waals surface area (Å²) < 4.78 is 1.74. The van der Waals surface area contributed by atoms with E-state index in [-0.39, 0.29) is 11.5 Å². The Balaban J connectivity index is 1.91. The minimum absolute atomic E-state index is 0.00244. The van der Waals surface area contributed by atoms with E-state index in [9.17, 15) is 14.7 Å². The third-order valence-corrected chi connectivity index (χ3v) is 4.99. The summed E-state index contributed by atoms with van der Waals surface area (Å²) in [6.07, 6.45) is 4.17. The van der Waals surface area contributed by atoms with Crippen LogP contribution in [0.5, 0.6) is 0 Å². The lowest BCUT2D eigenvalue weighted by Crippen LogP contribution is -2.44. The van der Waals surface area contributed by atoms with Crippen molar-refractivity contribution in [2.75, 3.05) is 13.1 Å². The van der Waals surface area contributed by atoms with Gasteiger partial charge in [0, 0.05) is 38.0 Å². The number of aliphatic hydroxyl groups is 1. The van der Waals surface area contributed by atoms with Crippen molar-refractivity contribution in [1.82, 2.24) is 24.3 Å². The van der Waals surface area contributed by atoms with Crippen LogP contribution in [0, 0.1) is 6.92 Å². The number of carbonyl (C=O) groups is 1. The maximum Gasteiger partial charge on any atom is 0.260 e. The number of aromatic amines is 1. The first-order valence-electron chi connectivity index (χ1n) is 8.24. The fraction of sp³-hybridized carbons (Fsp3) is 0.412. The van der Waals surface area contributed by atoms with Gasteiger partial charge in [0.2, 0.25) is 5.91 Å². The number of likely N-dealkylation sites (tertiary alicyclic amines) is 1. The summed E-state index contributed by atoms with van der Waals surface area (Å²) in [6, 6.07) is 1.69. The van der Waals surface area contributed by atoms with E-state index in [1.54, 1.807) is 34.7 Å². The van der Waals surface area contributed by atoms with Crippen LogP contribution in [0.25, 0.3) is 16.7 Å². The van der Waals surface area contributed by atoms with Gasteiger partial charge in [0.1, 0.15) is 11.5 Å². The molecule has 25 heavy (non-hydrogen) atoms. The van der Waals surface area contributed by atoms with Crippen LogP contribution >= 0.6 is 0 Å². The number of carbonyl (C=O) groups excluding carboxylic acids is 1. The number of fused-ring (bicyclic) bond motifs is 3. The van der Waals surface area contributed by atoms with Gasteiger partial charge in [-0.05, 0) is 25.8 Å². The molecule has 8 nitrogen and oxygen atoms in total. The van der Waals surface area contributed by atoms with E-state index in [0.29, 0.717) is 54.0 Å². The first kappa shape index (κ1) is 15.8. The molecule has 8 heteroatoms. The summed E-state index contributed by atoms with van der Waals surface area (Å²) in [4.78, 5) is 37.1. The summed E-state index contributed by atoms with van der Waals surface area (Å²) in [6.45, 7) is 4.20. The van der Waals surface area contributed by atoms with Crippen molar-refractivity contribution in [1.29, 1.82) is 0 Å². The van der Waals surface area contributed by atoms with Crippen LogP contribution in [-0.4, -0.2) is 48.4 Å². The first-order chi connectivity index (χ1) is 11.9. The molecule has 2 N–H and O–H groups in total. The Kier molecular flexibility index (Phi) is 3.40. The molecular formula is C17H19N5O3. The SMILES string of the molecule is CC(=O)N1CCC(O)(c2cc3c(=O)[nH]c(C)nc3n3ccnc23)CC1. The zero-order valence-electron chi connectivity index (χ0n) is 14.1. The average Bonchev–Trinajstić information content (AvgIpc) is 3.04. The summed E-state index contributed by atoms with van der Waals surface area (Å²) in [5, 5.41) is 11.7. The van der Waals surface area contributed by atoms with E-state index >= 15 is 0 Å². The van der Waals surface area contributed by atoms with Gasteiger partial charge in [-0.25, -0.2) is 9.97 Å². The van der Waals surface area contributed by atoms with Crippen LogP contribution < -0.4 is 5.56 Å². The minimum Gasteiger partial charge on any atom is -0.385 e. The van der Waals surface area contributed by atoms with Crippen LogP contribution in [0.4, 0.5) is 0 Å². The van der Waals surface area contributed by atoms with Gasteiger partial charge in [-0.3, -0.25) is 14.0 Å². The molecule has 0 bridgehead atoms. The Hall–Kier alpha value is -2.74. The number of amides is 1. The maximum atomic E-state index is 12.4. The average molecular weight is 341 g/mol. The molecule has 1 aliphatic heterocycles. The standard InChI is InChI=1S/C17H19N5O3/c1-10-19-14-12(16(24)20-10)9-13(15-18-5-8-22(14)15)17(25)3-6-21(7-4-17)11(2)23/h5,8-9,25H,3-4,6-7H2,1-2H3,(H,19,20,24). The number of nitrogens with zero attached hydrogens (tertiary/aromatic N) is 4. The molecule has 1 saturated heterocycles. The predicted octanol–water partition coefficient (Wildman–Crippen LogP) is 0.709. The highest BCUT2D eigenvalue weighted by Gasteiger charge is 2.37. The Morgan fingerprint density at radius 1 is 1.32 bits per heavy atom. The fourth-order valence-corrected chi connectivity index (χ4v) is 3.58. The van der Waals surface area contributed by atoms with Crippen LogP contribution in [0.1, 0.15) is 31.2 Å². The molecule has 0 saturated carbocycles. The second kappa shape index (κ2) is 5.38. The molecule has 0 radical (unpaired) electrons. The van der Waals surface area contributed by atoms with Crippen LogP contribution in [-0.2, 0) is 10.4 Å². The van der Waals surface area contributed by atoms with E-state index in [0.717, 1.165) is 0 Å². The lowest BCUT2D eigenvalue weighted by Gasteiger charge is -2.38. The monoisotopic (exact) mass is 341 g/mol. The number of H-pyrrole nitrogens is 1. The molecule has 4 heterocycles. The van der Waals surface area contributed by atoms with Gasteiger partial charge >= 0.3 is 0 Å². The largest absolute Gasteiger partial charge is 0.385 e. The molecule has 1 amide bonds. The Morgan fingerprint density at radius 3 is 2.72 bits per heavy atom. The molecule has 4 rings (SSSR count). The number of hydrogen-bond acceptors (Lipinski definition) is 5. The minimum atomic E-state index is -1.13. The molecule has 1 fully saturated rings. The Labute approximate surface area is 143 Å². The van der Waals surface area contributed by atoms with Gasteiger partial charge in [-0.15, -0.1) is 0 Å². The normalized spacial score (nSPS) is 17.3. The summed E-state index contributed by atoms with van der Waals surface area (Å²) in [7, 11) is 0. The second-order valence-corrected chi connectivity index (χ2v) is 6.61. The van der Waals surface area contributed by atoms with Crippen molar-refractivity contribution in [3.8, 4) is 0 Å². The molecule has 130 valence electrons. The van der Waals surface area contributed by atoms with E-state index in [1.165, 1.54) is 6.92 Å². The van der Waals surface area contributed by atoms with Gasteiger partial charge in [0.15, 0.2) is 5.65 Å². The van der Waals surface area contributed by atoms with Gasteiger partial charge in [-0.1, -0.05) is 0 Å². The van der Waals surface area contributed by atoms with Gasteiger partial charge in [0.25, 0.3) is 5.56 Å². The van der Waals surface area contributed by atoms with E-state index < -0.39 is 5.60 Å². The molecule has 0 aromatic carbocycles. The quantitative estimate of drug-likeness (QED) is 0.678. The lowest BCUT2D eigenvalue weighted by molar-refractivity contribution is -0.133. The van der Waals surface area contributed by atoms with Crippen molar-refractivity contribution in [2.45, 2.75) is 32.3 Å². The van der Waals surface area contributed by atoms with E-state index in [1.807, 2.05) is 0 Å². The molecule has 3 aromatic rings. The maximum absolute atomic E-state index is 12.4. The number of imidazole rings is 1. The third-order valence-electron chi connectivity index (χ3n) is 4.99. The molecule has 0 atom stereocenters. The number of aromatic nitrogens is 4. The number of hydrogen-bond donors (Lipinski definition) is 2. The van der Waals surface area contributed by atoms with Gasteiger partial charge < -0.3 is 15.0 Å². The molecule has 3 aromatic heterocycles. The van der Waals surface area contributed by atoms with E-state index in [4.69, 9.17) is 0 Å². The first-order valence-corrected chi connectivity index (χ1v) is 8.24. The molecule has 0 unspecified atom stereocenters. The highest BCUT2D eigenvalue weighted by Crippen LogP contribution is 2.36. The van der Waals surface area contributed by atoms with Crippen molar-refractivity contribution >= 4 is 22.6 Å². The Bertz CT molecular complexity index is 1040. The van der Waals surface area contributed by atoms with Crippen LogP contribution in [0.3, 0.4) is 0 Å². The predicted molar refractivity (Wildman–Crippen MR) is 91.2 cm³/mol. The highest BCUT2D eigenvalue weighted by atomic mass is 16.3. The topological polar surface area (TPSA) is 104 Å². The number of pyridine rings is 1. The Morgan fingerprint density at radius 2 is 2.04 bits per heavy atom. The summed E-state index contributed by atoms with van der Waals surface area (Å²) >= 11 is 0. The molecule has 1 aliphatic rings. The number of nitrogens with one attached hydrogen (secondary N) is 1. The molecule has 0 spiro atoms. The van der Waals surface area contributed by atoms with E-state index in [2.05, 4.69) is 15.0 Å². The van der Waals surface area contributed by atoms with Crippen LogP contribution in [0.2, 0.25) is 0 Å². The van der Waals surface area contributed by atoms with Gasteiger partial charge in [-0.2, -0.15) is 0 Å². The van der Waals surface area contributed by atoms with Crippen molar-refractivity contribution in [3.63, 3.8) is 0 Å². The zero-order chi connectivity index (χ0) is 17.8. The third kappa shape index (κ3) is 2.41. The fourth-order valence-electron chi connectivity index (χ4n) is 3.58. The van der Waals surface area contributed by atoms with Crippen molar-refractivity contribution in [3.05, 3.63) is 40.2 Å². The van der Waals surface area contributed by atoms with Crippen molar-refractivity contribution in [2.24, 2.45) is 0 Å². The number of piperidine rings is 1. The zero-order valence-corrected chi connectivity index (χ0v) is 14.1.